The molecular formula is C12H17NO2. The van der Waals surface area contributed by atoms with Crippen molar-refractivity contribution in [3.05, 3.63) is 35.9 Å². The topological polar surface area (TPSA) is 49.3 Å². The zero-order valence-corrected chi connectivity index (χ0v) is 8.94. The van der Waals surface area contributed by atoms with E-state index in [1.165, 1.54) is 5.56 Å². The first kappa shape index (κ1) is 11.7. The van der Waals surface area contributed by atoms with Crippen molar-refractivity contribution >= 4 is 5.97 Å². The Morgan fingerprint density at radius 2 is 2.07 bits per heavy atom. The Morgan fingerprint density at radius 3 is 2.60 bits per heavy atom. The molecule has 3 heteroatoms. The van der Waals surface area contributed by atoms with Crippen molar-refractivity contribution < 1.29 is 9.90 Å². The minimum atomic E-state index is -0.724. The van der Waals surface area contributed by atoms with E-state index in [1.807, 2.05) is 37.3 Å². The molecule has 0 spiro atoms. The van der Waals surface area contributed by atoms with Crippen molar-refractivity contribution in [1.82, 2.24) is 5.32 Å². The number of nitrogens with one attached hydrogen (secondary N) is 1. The van der Waals surface area contributed by atoms with Gasteiger partial charge in [0.05, 0.1) is 5.92 Å². The quantitative estimate of drug-likeness (QED) is 0.749. The second-order valence-electron chi connectivity index (χ2n) is 3.56. The summed E-state index contributed by atoms with van der Waals surface area (Å²) in [6.07, 6.45) is 0.664. The Balaban J connectivity index is 2.30. The molecule has 3 nitrogen and oxygen atoms in total. The predicted molar refractivity (Wildman–Crippen MR) is 59.6 cm³/mol. The highest BCUT2D eigenvalue weighted by molar-refractivity contribution is 5.70. The van der Waals surface area contributed by atoms with Gasteiger partial charge in [-0.3, -0.25) is 4.79 Å². The molecule has 0 radical (unpaired) electrons. The van der Waals surface area contributed by atoms with Gasteiger partial charge in [0.2, 0.25) is 0 Å². The number of benzene rings is 1. The van der Waals surface area contributed by atoms with E-state index in [4.69, 9.17) is 5.11 Å². The van der Waals surface area contributed by atoms with Gasteiger partial charge in [-0.05, 0) is 12.0 Å². The maximum atomic E-state index is 10.7. The maximum absolute atomic E-state index is 10.7. The third-order valence-corrected chi connectivity index (χ3v) is 2.40. The standard InChI is InChI=1S/C12H17NO2/c1-2-11(12(14)15)9-13-8-10-6-4-3-5-7-10/h3-7,11,13H,2,8-9H2,1H3,(H,14,15)/t11-/m1/s1. The Kier molecular flexibility index (Phi) is 4.84. The third kappa shape index (κ3) is 4.13. The zero-order chi connectivity index (χ0) is 11.1. The molecule has 0 aliphatic carbocycles. The lowest BCUT2D eigenvalue weighted by molar-refractivity contribution is -0.141. The Labute approximate surface area is 90.1 Å². The lowest BCUT2D eigenvalue weighted by atomic mass is 10.1. The summed E-state index contributed by atoms with van der Waals surface area (Å²) in [6.45, 7) is 3.15. The van der Waals surface area contributed by atoms with Crippen molar-refractivity contribution in [2.24, 2.45) is 5.92 Å². The van der Waals surface area contributed by atoms with Gasteiger partial charge in [-0.15, -0.1) is 0 Å². The highest BCUT2D eigenvalue weighted by atomic mass is 16.4. The molecule has 0 aromatic heterocycles. The summed E-state index contributed by atoms with van der Waals surface area (Å²) < 4.78 is 0. The molecular weight excluding hydrogens is 190 g/mol. The summed E-state index contributed by atoms with van der Waals surface area (Å²) in [5.41, 5.74) is 1.18. The average molecular weight is 207 g/mol. The van der Waals surface area contributed by atoms with E-state index in [0.29, 0.717) is 13.0 Å². The first-order chi connectivity index (χ1) is 7.24. The van der Waals surface area contributed by atoms with Crippen LogP contribution in [0.3, 0.4) is 0 Å². The SMILES string of the molecule is CC[C@H](CNCc1ccccc1)C(=O)O. The fraction of sp³-hybridized carbons (Fsp3) is 0.417. The van der Waals surface area contributed by atoms with Crippen molar-refractivity contribution in [1.29, 1.82) is 0 Å². The van der Waals surface area contributed by atoms with Crippen LogP contribution >= 0.6 is 0 Å². The number of hydrogen-bond donors (Lipinski definition) is 2. The minimum absolute atomic E-state index is 0.284. The molecule has 0 saturated carbocycles. The van der Waals surface area contributed by atoms with Gasteiger partial charge >= 0.3 is 5.97 Å². The minimum Gasteiger partial charge on any atom is -0.481 e. The second-order valence-corrected chi connectivity index (χ2v) is 3.56. The molecule has 1 aromatic carbocycles. The van der Waals surface area contributed by atoms with Crippen LogP contribution in [0.15, 0.2) is 30.3 Å². The predicted octanol–water partition coefficient (Wildman–Crippen LogP) is 1.89. The van der Waals surface area contributed by atoms with Gasteiger partial charge in [0, 0.05) is 13.1 Å². The molecule has 0 aliphatic heterocycles. The van der Waals surface area contributed by atoms with E-state index < -0.39 is 5.97 Å². The van der Waals surface area contributed by atoms with Crippen molar-refractivity contribution in [3.63, 3.8) is 0 Å². The summed E-state index contributed by atoms with van der Waals surface area (Å²) in [4.78, 5) is 10.7. The van der Waals surface area contributed by atoms with Crippen LogP contribution < -0.4 is 5.32 Å². The molecule has 1 aromatic rings. The van der Waals surface area contributed by atoms with Gasteiger partial charge in [0.25, 0.3) is 0 Å². The summed E-state index contributed by atoms with van der Waals surface area (Å²) >= 11 is 0. The first-order valence-electron chi connectivity index (χ1n) is 5.21. The van der Waals surface area contributed by atoms with E-state index in [9.17, 15) is 4.79 Å². The summed E-state index contributed by atoms with van der Waals surface area (Å²) in [6, 6.07) is 9.97. The van der Waals surface area contributed by atoms with Crippen molar-refractivity contribution in [2.45, 2.75) is 19.9 Å². The largest absolute Gasteiger partial charge is 0.481 e. The molecule has 2 N–H and O–H groups in total. The van der Waals surface area contributed by atoms with E-state index >= 15 is 0 Å². The van der Waals surface area contributed by atoms with Gasteiger partial charge in [-0.1, -0.05) is 37.3 Å². The number of carboxylic acids is 1. The molecule has 0 aliphatic rings. The lowest BCUT2D eigenvalue weighted by Gasteiger charge is -2.10. The third-order valence-electron chi connectivity index (χ3n) is 2.40. The number of rotatable bonds is 6. The number of aliphatic carboxylic acids is 1. The summed E-state index contributed by atoms with van der Waals surface area (Å²) in [5.74, 6) is -1.01. The molecule has 82 valence electrons. The smallest absolute Gasteiger partial charge is 0.307 e. The van der Waals surface area contributed by atoms with Crippen LogP contribution in [0.25, 0.3) is 0 Å². The van der Waals surface area contributed by atoms with Crippen molar-refractivity contribution in [2.75, 3.05) is 6.54 Å². The van der Waals surface area contributed by atoms with Crippen LogP contribution in [-0.4, -0.2) is 17.6 Å². The van der Waals surface area contributed by atoms with Gasteiger partial charge in [-0.2, -0.15) is 0 Å². The molecule has 0 bridgehead atoms. The first-order valence-corrected chi connectivity index (χ1v) is 5.21. The van der Waals surface area contributed by atoms with Gasteiger partial charge in [0.15, 0.2) is 0 Å². The molecule has 0 amide bonds. The van der Waals surface area contributed by atoms with Crippen LogP contribution in [-0.2, 0) is 11.3 Å². The number of carbonyl (C=O) groups is 1. The van der Waals surface area contributed by atoms with E-state index in [1.54, 1.807) is 0 Å². The molecule has 0 unspecified atom stereocenters. The van der Waals surface area contributed by atoms with E-state index in [2.05, 4.69) is 5.32 Å². The molecule has 1 rings (SSSR count). The monoisotopic (exact) mass is 207 g/mol. The molecule has 0 saturated heterocycles. The fourth-order valence-electron chi connectivity index (χ4n) is 1.39. The normalized spacial score (nSPS) is 12.3. The summed E-state index contributed by atoms with van der Waals surface area (Å²) in [7, 11) is 0. The van der Waals surface area contributed by atoms with Gasteiger partial charge in [0.1, 0.15) is 0 Å². The van der Waals surface area contributed by atoms with Crippen molar-refractivity contribution in [3.8, 4) is 0 Å². The second kappa shape index (κ2) is 6.19. The Morgan fingerprint density at radius 1 is 1.40 bits per heavy atom. The molecule has 0 fully saturated rings. The van der Waals surface area contributed by atoms with E-state index in [0.717, 1.165) is 6.54 Å². The number of hydrogen-bond acceptors (Lipinski definition) is 2. The fourth-order valence-corrected chi connectivity index (χ4v) is 1.39. The van der Waals surface area contributed by atoms with Crippen LogP contribution in [0.5, 0.6) is 0 Å². The van der Waals surface area contributed by atoms with Crippen LogP contribution in [0, 0.1) is 5.92 Å². The lowest BCUT2D eigenvalue weighted by Crippen LogP contribution is -2.27. The number of carboxylic acid groups (broad SMARTS) is 1. The Hall–Kier alpha value is -1.35. The summed E-state index contributed by atoms with van der Waals surface area (Å²) in [5, 5.41) is 12.0. The molecule has 1 atom stereocenters. The van der Waals surface area contributed by atoms with Gasteiger partial charge in [-0.25, -0.2) is 0 Å². The average Bonchev–Trinajstić information content (AvgIpc) is 2.25. The highest BCUT2D eigenvalue weighted by Gasteiger charge is 2.13. The van der Waals surface area contributed by atoms with E-state index in [-0.39, 0.29) is 5.92 Å². The zero-order valence-electron chi connectivity index (χ0n) is 8.94. The van der Waals surface area contributed by atoms with Crippen LogP contribution in [0.4, 0.5) is 0 Å². The van der Waals surface area contributed by atoms with Crippen LogP contribution in [0.2, 0.25) is 0 Å². The molecule has 0 heterocycles. The Bertz CT molecular complexity index is 298. The maximum Gasteiger partial charge on any atom is 0.307 e. The van der Waals surface area contributed by atoms with Gasteiger partial charge < -0.3 is 10.4 Å². The molecule has 15 heavy (non-hydrogen) atoms. The van der Waals surface area contributed by atoms with Crippen LogP contribution in [0.1, 0.15) is 18.9 Å². The highest BCUT2D eigenvalue weighted by Crippen LogP contribution is 2.02.